The number of para-hydroxylation sites is 1. The van der Waals surface area contributed by atoms with E-state index >= 15 is 0 Å². The summed E-state index contributed by atoms with van der Waals surface area (Å²) in [5, 5.41) is 0. The smallest absolute Gasteiger partial charge is 0.257 e. The minimum Gasteiger partial charge on any atom is -0.368 e. The molecule has 2 aromatic rings. The van der Waals surface area contributed by atoms with Crippen molar-refractivity contribution in [2.24, 2.45) is 0 Å². The monoisotopic (exact) mass is 418 g/mol. The molecule has 2 amide bonds. The fraction of sp³-hybridized carbons (Fsp3) is 0.440. The lowest BCUT2D eigenvalue weighted by molar-refractivity contribution is 0.0581. The van der Waals surface area contributed by atoms with Crippen molar-refractivity contribution in [1.29, 1.82) is 0 Å². The second-order valence-corrected chi connectivity index (χ2v) is 8.61. The number of hydrogen-bond acceptors (Lipinski definition) is 4. The number of carbonyl (C=O) groups excluding carboxylic acids is 2. The van der Waals surface area contributed by atoms with Gasteiger partial charge in [0.2, 0.25) is 0 Å². The molecule has 2 saturated heterocycles. The Labute approximate surface area is 184 Å². The van der Waals surface area contributed by atoms with Crippen LogP contribution < -0.4 is 9.80 Å². The summed E-state index contributed by atoms with van der Waals surface area (Å²) in [6, 6.07) is 16.0. The van der Waals surface area contributed by atoms with Gasteiger partial charge in [0, 0.05) is 50.5 Å². The summed E-state index contributed by atoms with van der Waals surface area (Å²) in [5.74, 6) is 0.171. The van der Waals surface area contributed by atoms with Gasteiger partial charge in [-0.25, -0.2) is 0 Å². The standard InChI is InChI=1S/C25H30N4O2/c1-2-28-22-18-19(11-12-21(22)25(31)29-13-7-6-10-23(28)29)24(30)27-16-14-26(15-17-27)20-8-4-3-5-9-20/h3-5,8-9,11-12,18,23H,2,6-7,10,13-17H2,1H3. The molecule has 2 aromatic carbocycles. The Balaban J connectivity index is 1.35. The molecule has 0 aromatic heterocycles. The van der Waals surface area contributed by atoms with E-state index in [2.05, 4.69) is 28.9 Å². The topological polar surface area (TPSA) is 47.1 Å². The average molecular weight is 419 g/mol. The molecule has 0 aliphatic carbocycles. The summed E-state index contributed by atoms with van der Waals surface area (Å²) in [7, 11) is 0. The minimum absolute atomic E-state index is 0.0603. The third-order valence-electron chi connectivity index (χ3n) is 6.91. The quantitative estimate of drug-likeness (QED) is 0.766. The van der Waals surface area contributed by atoms with Crippen LogP contribution in [0.25, 0.3) is 0 Å². The molecular weight excluding hydrogens is 388 g/mol. The Hall–Kier alpha value is -3.02. The molecule has 1 unspecified atom stereocenters. The van der Waals surface area contributed by atoms with Crippen molar-refractivity contribution in [2.45, 2.75) is 32.4 Å². The number of carbonyl (C=O) groups is 2. The molecule has 0 spiro atoms. The van der Waals surface area contributed by atoms with E-state index in [9.17, 15) is 9.59 Å². The molecule has 162 valence electrons. The van der Waals surface area contributed by atoms with E-state index in [1.807, 2.05) is 46.2 Å². The van der Waals surface area contributed by atoms with Crippen LogP contribution in [0.3, 0.4) is 0 Å². The molecule has 0 saturated carbocycles. The summed E-state index contributed by atoms with van der Waals surface area (Å²) in [6.07, 6.45) is 3.34. The summed E-state index contributed by atoms with van der Waals surface area (Å²) >= 11 is 0. The molecule has 0 N–H and O–H groups in total. The second-order valence-electron chi connectivity index (χ2n) is 8.61. The zero-order chi connectivity index (χ0) is 21.4. The van der Waals surface area contributed by atoms with Crippen molar-refractivity contribution in [3.05, 3.63) is 59.7 Å². The van der Waals surface area contributed by atoms with Gasteiger partial charge < -0.3 is 19.6 Å². The Morgan fingerprint density at radius 3 is 2.48 bits per heavy atom. The first-order valence-corrected chi connectivity index (χ1v) is 11.5. The molecule has 2 fully saturated rings. The number of anilines is 2. The van der Waals surface area contributed by atoms with Crippen LogP contribution in [0, 0.1) is 0 Å². The number of rotatable bonds is 3. The molecule has 1 atom stereocenters. The van der Waals surface area contributed by atoms with Crippen LogP contribution in [0.2, 0.25) is 0 Å². The maximum absolute atomic E-state index is 13.3. The number of piperidine rings is 1. The van der Waals surface area contributed by atoms with Crippen molar-refractivity contribution in [1.82, 2.24) is 9.80 Å². The van der Waals surface area contributed by atoms with Crippen molar-refractivity contribution in [2.75, 3.05) is 49.1 Å². The second kappa shape index (κ2) is 8.25. The lowest BCUT2D eigenvalue weighted by Crippen LogP contribution is -2.57. The highest BCUT2D eigenvalue weighted by Crippen LogP contribution is 2.36. The Bertz CT molecular complexity index is 969. The molecule has 31 heavy (non-hydrogen) atoms. The molecule has 0 radical (unpaired) electrons. The van der Waals surface area contributed by atoms with Gasteiger partial charge in [-0.3, -0.25) is 9.59 Å². The highest BCUT2D eigenvalue weighted by Gasteiger charge is 2.38. The van der Waals surface area contributed by atoms with Gasteiger partial charge in [-0.1, -0.05) is 18.2 Å². The van der Waals surface area contributed by atoms with Crippen molar-refractivity contribution < 1.29 is 9.59 Å². The van der Waals surface area contributed by atoms with Crippen LogP contribution in [0.4, 0.5) is 11.4 Å². The minimum atomic E-state index is 0.0603. The van der Waals surface area contributed by atoms with E-state index < -0.39 is 0 Å². The molecule has 3 heterocycles. The van der Waals surface area contributed by atoms with E-state index in [0.717, 1.165) is 56.7 Å². The van der Waals surface area contributed by atoms with Gasteiger partial charge >= 0.3 is 0 Å². The number of piperazine rings is 1. The highest BCUT2D eigenvalue weighted by molar-refractivity contribution is 6.04. The van der Waals surface area contributed by atoms with Crippen LogP contribution in [0.5, 0.6) is 0 Å². The third-order valence-corrected chi connectivity index (χ3v) is 6.91. The fourth-order valence-corrected chi connectivity index (χ4v) is 5.24. The van der Waals surface area contributed by atoms with E-state index in [-0.39, 0.29) is 18.0 Å². The molecule has 6 nitrogen and oxygen atoms in total. The summed E-state index contributed by atoms with van der Waals surface area (Å²) in [6.45, 7) is 6.86. The predicted molar refractivity (Wildman–Crippen MR) is 123 cm³/mol. The number of hydrogen-bond donors (Lipinski definition) is 0. The van der Waals surface area contributed by atoms with Crippen LogP contribution >= 0.6 is 0 Å². The summed E-state index contributed by atoms with van der Waals surface area (Å²) < 4.78 is 0. The maximum atomic E-state index is 13.3. The Kier molecular flexibility index (Phi) is 5.30. The van der Waals surface area contributed by atoms with Crippen LogP contribution in [0.15, 0.2) is 48.5 Å². The van der Waals surface area contributed by atoms with Gasteiger partial charge in [-0.15, -0.1) is 0 Å². The molecule has 5 rings (SSSR count). The van der Waals surface area contributed by atoms with Crippen LogP contribution in [0.1, 0.15) is 46.9 Å². The number of nitrogens with zero attached hydrogens (tertiary/aromatic N) is 4. The lowest BCUT2D eigenvalue weighted by atomic mass is 9.97. The fourth-order valence-electron chi connectivity index (χ4n) is 5.24. The zero-order valence-corrected chi connectivity index (χ0v) is 18.2. The zero-order valence-electron chi connectivity index (χ0n) is 18.2. The maximum Gasteiger partial charge on any atom is 0.257 e. The lowest BCUT2D eigenvalue weighted by Gasteiger charge is -2.47. The van der Waals surface area contributed by atoms with Crippen molar-refractivity contribution in [3.63, 3.8) is 0 Å². The normalized spacial score (nSPS) is 21.1. The van der Waals surface area contributed by atoms with E-state index in [4.69, 9.17) is 0 Å². The van der Waals surface area contributed by atoms with E-state index in [1.165, 1.54) is 5.69 Å². The molecule has 6 heteroatoms. The van der Waals surface area contributed by atoms with Gasteiger partial charge in [0.1, 0.15) is 6.17 Å². The molecule has 3 aliphatic rings. The van der Waals surface area contributed by atoms with Crippen molar-refractivity contribution >= 4 is 23.2 Å². The average Bonchev–Trinajstić information content (AvgIpc) is 2.84. The first-order chi connectivity index (χ1) is 15.2. The number of fused-ring (bicyclic) bond motifs is 2. The van der Waals surface area contributed by atoms with Gasteiger partial charge in [-0.2, -0.15) is 0 Å². The predicted octanol–water partition coefficient (Wildman–Crippen LogP) is 3.44. The summed E-state index contributed by atoms with van der Waals surface area (Å²) in [5.41, 5.74) is 3.54. The van der Waals surface area contributed by atoms with Gasteiger partial charge in [0.25, 0.3) is 11.8 Å². The largest absolute Gasteiger partial charge is 0.368 e. The van der Waals surface area contributed by atoms with Crippen LogP contribution in [-0.2, 0) is 0 Å². The van der Waals surface area contributed by atoms with E-state index in [1.54, 1.807) is 0 Å². The molecule has 0 bridgehead atoms. The first-order valence-electron chi connectivity index (χ1n) is 11.5. The van der Waals surface area contributed by atoms with E-state index in [0.29, 0.717) is 18.7 Å². The SMILES string of the molecule is CCN1c2cc(C(=O)N3CCN(c4ccccc4)CC3)ccc2C(=O)N2CCCCC21. The molecule has 3 aliphatic heterocycles. The van der Waals surface area contributed by atoms with Crippen LogP contribution in [-0.4, -0.2) is 67.0 Å². The van der Waals surface area contributed by atoms with Crippen molar-refractivity contribution in [3.8, 4) is 0 Å². The highest BCUT2D eigenvalue weighted by atomic mass is 16.2. The van der Waals surface area contributed by atoms with Gasteiger partial charge in [0.05, 0.1) is 11.3 Å². The first kappa shape index (κ1) is 19.9. The number of amides is 2. The Morgan fingerprint density at radius 1 is 0.968 bits per heavy atom. The number of benzene rings is 2. The van der Waals surface area contributed by atoms with Gasteiger partial charge in [-0.05, 0) is 56.5 Å². The third kappa shape index (κ3) is 3.54. The summed E-state index contributed by atoms with van der Waals surface area (Å²) in [4.78, 5) is 34.9. The van der Waals surface area contributed by atoms with Gasteiger partial charge in [0.15, 0.2) is 0 Å². The molecular formula is C25H30N4O2. The Morgan fingerprint density at radius 2 is 1.74 bits per heavy atom.